The van der Waals surface area contributed by atoms with Gasteiger partial charge >= 0.3 is 5.69 Å². The largest absolute Gasteiger partial charge is 0.346 e. The predicted molar refractivity (Wildman–Crippen MR) is 101 cm³/mol. The first-order chi connectivity index (χ1) is 12.9. The Morgan fingerprint density at radius 3 is 2.52 bits per heavy atom. The number of hydrogen-bond acceptors (Lipinski definition) is 4. The van der Waals surface area contributed by atoms with Gasteiger partial charge < -0.3 is 9.88 Å². The first-order valence-corrected chi connectivity index (χ1v) is 8.98. The molecule has 2 aromatic heterocycles. The molecule has 1 saturated carbocycles. The van der Waals surface area contributed by atoms with Crippen molar-refractivity contribution >= 4 is 11.6 Å². The molecule has 1 N–H and O–H groups in total. The molecule has 140 valence electrons. The van der Waals surface area contributed by atoms with Crippen LogP contribution in [-0.4, -0.2) is 29.8 Å². The summed E-state index contributed by atoms with van der Waals surface area (Å²) in [5, 5.41) is 7.13. The highest BCUT2D eigenvalue weighted by Crippen LogP contribution is 2.38. The molecule has 0 atom stereocenters. The number of rotatable bonds is 5. The zero-order valence-corrected chi connectivity index (χ0v) is 15.6. The van der Waals surface area contributed by atoms with E-state index in [1.165, 1.54) is 9.25 Å². The van der Waals surface area contributed by atoms with Crippen molar-refractivity contribution < 1.29 is 4.79 Å². The molecule has 0 aliphatic heterocycles. The van der Waals surface area contributed by atoms with Crippen LogP contribution in [0.15, 0.2) is 35.4 Å². The van der Waals surface area contributed by atoms with E-state index in [4.69, 9.17) is 0 Å². The van der Waals surface area contributed by atoms with Crippen LogP contribution in [-0.2, 0) is 18.4 Å². The summed E-state index contributed by atoms with van der Waals surface area (Å²) in [6.07, 6.45) is 3.89. The summed E-state index contributed by atoms with van der Waals surface area (Å²) >= 11 is 0. The molecule has 27 heavy (non-hydrogen) atoms. The summed E-state index contributed by atoms with van der Waals surface area (Å²) in [5.41, 5.74) is 3.45. The maximum atomic E-state index is 12.3. The second kappa shape index (κ2) is 6.53. The molecule has 0 spiro atoms. The lowest BCUT2D eigenvalue weighted by molar-refractivity contribution is -0.117. The SMILES string of the molecule is Cc1ncn(-c2ccc(NC(=O)Cn3nc(C4CC4)n(C)c3=O)cc2)c1C. The highest BCUT2D eigenvalue weighted by molar-refractivity contribution is 5.90. The van der Waals surface area contributed by atoms with Gasteiger partial charge in [-0.15, -0.1) is 0 Å². The second-order valence-corrected chi connectivity index (χ2v) is 7.01. The molecule has 1 aliphatic carbocycles. The van der Waals surface area contributed by atoms with Crippen molar-refractivity contribution in [2.24, 2.45) is 7.05 Å². The topological polar surface area (TPSA) is 86.7 Å². The Kier molecular flexibility index (Phi) is 4.18. The molecule has 0 radical (unpaired) electrons. The molecule has 0 bridgehead atoms. The summed E-state index contributed by atoms with van der Waals surface area (Å²) in [6.45, 7) is 3.88. The van der Waals surface area contributed by atoms with Gasteiger partial charge in [-0.3, -0.25) is 9.36 Å². The second-order valence-electron chi connectivity index (χ2n) is 7.01. The lowest BCUT2D eigenvalue weighted by atomic mass is 10.2. The lowest BCUT2D eigenvalue weighted by Crippen LogP contribution is -2.29. The number of carbonyl (C=O) groups is 1. The van der Waals surface area contributed by atoms with E-state index >= 15 is 0 Å². The maximum absolute atomic E-state index is 12.3. The van der Waals surface area contributed by atoms with Crippen molar-refractivity contribution in [3.05, 3.63) is 58.3 Å². The minimum atomic E-state index is -0.278. The Morgan fingerprint density at radius 1 is 1.22 bits per heavy atom. The zero-order valence-electron chi connectivity index (χ0n) is 15.6. The quantitative estimate of drug-likeness (QED) is 0.747. The third-order valence-electron chi connectivity index (χ3n) is 4.99. The van der Waals surface area contributed by atoms with Crippen LogP contribution in [0.2, 0.25) is 0 Å². The van der Waals surface area contributed by atoms with Gasteiger partial charge in [-0.05, 0) is 51.0 Å². The molecule has 1 aliphatic rings. The van der Waals surface area contributed by atoms with Crippen LogP contribution in [0.1, 0.15) is 36.0 Å². The smallest absolute Gasteiger partial charge is 0.324 e. The third-order valence-corrected chi connectivity index (χ3v) is 4.99. The Bertz CT molecular complexity index is 1050. The number of hydrogen-bond donors (Lipinski definition) is 1. The van der Waals surface area contributed by atoms with Crippen molar-refractivity contribution in [3.8, 4) is 5.69 Å². The van der Waals surface area contributed by atoms with Gasteiger partial charge in [0.05, 0.1) is 12.0 Å². The molecule has 1 aromatic carbocycles. The number of aryl methyl sites for hydroxylation is 1. The van der Waals surface area contributed by atoms with E-state index in [1.54, 1.807) is 13.4 Å². The van der Waals surface area contributed by atoms with E-state index in [-0.39, 0.29) is 18.1 Å². The van der Waals surface area contributed by atoms with Gasteiger partial charge in [0, 0.05) is 30.0 Å². The highest BCUT2D eigenvalue weighted by atomic mass is 16.2. The molecule has 4 rings (SSSR count). The number of nitrogens with one attached hydrogen (secondary N) is 1. The van der Waals surface area contributed by atoms with Crippen LogP contribution in [0, 0.1) is 13.8 Å². The fourth-order valence-electron chi connectivity index (χ4n) is 3.11. The minimum absolute atomic E-state index is 0.0963. The normalized spacial score (nSPS) is 13.7. The Morgan fingerprint density at radius 2 is 1.93 bits per heavy atom. The lowest BCUT2D eigenvalue weighted by Gasteiger charge is -2.08. The van der Waals surface area contributed by atoms with E-state index in [9.17, 15) is 9.59 Å². The van der Waals surface area contributed by atoms with Gasteiger partial charge in [0.25, 0.3) is 0 Å². The van der Waals surface area contributed by atoms with Crippen LogP contribution < -0.4 is 11.0 Å². The molecule has 1 amide bonds. The molecule has 2 heterocycles. The first-order valence-electron chi connectivity index (χ1n) is 8.98. The van der Waals surface area contributed by atoms with Gasteiger partial charge in [-0.2, -0.15) is 5.10 Å². The van der Waals surface area contributed by atoms with E-state index < -0.39 is 0 Å². The van der Waals surface area contributed by atoms with Gasteiger partial charge in [-0.1, -0.05) is 0 Å². The Hall–Kier alpha value is -3.16. The van der Waals surface area contributed by atoms with Crippen LogP contribution in [0.4, 0.5) is 5.69 Å². The number of nitrogens with zero attached hydrogens (tertiary/aromatic N) is 5. The molecule has 1 fully saturated rings. The van der Waals surface area contributed by atoms with E-state index in [0.29, 0.717) is 11.6 Å². The minimum Gasteiger partial charge on any atom is -0.324 e. The average Bonchev–Trinajstić information content (AvgIpc) is 3.39. The first kappa shape index (κ1) is 17.3. The fourth-order valence-corrected chi connectivity index (χ4v) is 3.11. The molecular formula is C19H22N6O2. The maximum Gasteiger partial charge on any atom is 0.346 e. The number of benzene rings is 1. The monoisotopic (exact) mass is 366 g/mol. The number of anilines is 1. The Balaban J connectivity index is 1.45. The van der Waals surface area contributed by atoms with E-state index in [1.807, 2.05) is 42.7 Å². The molecular weight excluding hydrogens is 344 g/mol. The molecule has 3 aromatic rings. The summed E-state index contributed by atoms with van der Waals surface area (Å²) in [6, 6.07) is 7.50. The zero-order chi connectivity index (χ0) is 19.1. The van der Waals surface area contributed by atoms with Crippen molar-refractivity contribution in [2.75, 3.05) is 5.32 Å². The highest BCUT2D eigenvalue weighted by Gasteiger charge is 2.30. The van der Waals surface area contributed by atoms with Crippen LogP contribution >= 0.6 is 0 Å². The van der Waals surface area contributed by atoms with E-state index in [2.05, 4.69) is 15.4 Å². The predicted octanol–water partition coefficient (Wildman–Crippen LogP) is 1.90. The molecule has 0 unspecified atom stereocenters. The fraction of sp³-hybridized carbons (Fsp3) is 0.368. The third kappa shape index (κ3) is 3.30. The van der Waals surface area contributed by atoms with Crippen LogP contribution in [0.3, 0.4) is 0 Å². The Labute approximate surface area is 156 Å². The van der Waals surface area contributed by atoms with Gasteiger partial charge in [0.15, 0.2) is 0 Å². The van der Waals surface area contributed by atoms with E-state index in [0.717, 1.165) is 35.7 Å². The van der Waals surface area contributed by atoms with Gasteiger partial charge in [0.1, 0.15) is 12.4 Å². The molecule has 0 saturated heterocycles. The van der Waals surface area contributed by atoms with Gasteiger partial charge in [-0.25, -0.2) is 14.5 Å². The number of amides is 1. The number of carbonyl (C=O) groups excluding carboxylic acids is 1. The van der Waals surface area contributed by atoms with Crippen LogP contribution in [0.25, 0.3) is 5.69 Å². The molecule has 8 nitrogen and oxygen atoms in total. The van der Waals surface area contributed by atoms with Crippen molar-refractivity contribution in [1.82, 2.24) is 23.9 Å². The van der Waals surface area contributed by atoms with Crippen molar-refractivity contribution in [1.29, 1.82) is 0 Å². The number of imidazole rings is 1. The van der Waals surface area contributed by atoms with Gasteiger partial charge in [0.2, 0.25) is 5.91 Å². The number of aromatic nitrogens is 5. The van der Waals surface area contributed by atoms with Crippen molar-refractivity contribution in [3.63, 3.8) is 0 Å². The standard InChI is InChI=1S/C19H22N6O2/c1-12-13(2)24(11-20-12)16-8-6-15(7-9-16)21-17(26)10-25-19(27)23(3)18(22-25)14-4-5-14/h6-9,11,14H,4-5,10H2,1-3H3,(H,21,26). The molecule has 8 heteroatoms. The van der Waals surface area contributed by atoms with Crippen molar-refractivity contribution in [2.45, 2.75) is 39.2 Å². The summed E-state index contributed by atoms with van der Waals surface area (Å²) < 4.78 is 4.76. The summed E-state index contributed by atoms with van der Waals surface area (Å²) in [4.78, 5) is 28.8. The summed E-state index contributed by atoms with van der Waals surface area (Å²) in [7, 11) is 1.70. The average molecular weight is 366 g/mol. The summed E-state index contributed by atoms with van der Waals surface area (Å²) in [5.74, 6) is 0.845. The van der Waals surface area contributed by atoms with Crippen LogP contribution in [0.5, 0.6) is 0 Å².